The summed E-state index contributed by atoms with van der Waals surface area (Å²) < 4.78 is 0. The summed E-state index contributed by atoms with van der Waals surface area (Å²) in [5.41, 5.74) is 0.325. The van der Waals surface area contributed by atoms with Crippen LogP contribution in [0.25, 0.3) is 0 Å². The molecule has 1 rings (SSSR count). The second-order valence-electron chi connectivity index (χ2n) is 4.42. The molecule has 0 aliphatic rings. The minimum Gasteiger partial charge on any atom is -0.355 e. The highest BCUT2D eigenvalue weighted by molar-refractivity contribution is 6.32. The smallest absolute Gasteiger partial charge is 0.257 e. The van der Waals surface area contributed by atoms with Crippen LogP contribution in [-0.2, 0) is 4.79 Å². The fraction of sp³-hybridized carbons (Fsp3) is 0.500. The molecule has 0 aliphatic carbocycles. The van der Waals surface area contributed by atoms with Crippen LogP contribution >= 0.6 is 11.6 Å². The number of aromatic nitrogens is 1. The summed E-state index contributed by atoms with van der Waals surface area (Å²) in [5.74, 6) is -0.426. The number of amides is 2. The quantitative estimate of drug-likeness (QED) is 0.784. The van der Waals surface area contributed by atoms with Crippen LogP contribution in [0.5, 0.6) is 0 Å². The van der Waals surface area contributed by atoms with Crippen molar-refractivity contribution in [1.82, 2.24) is 15.2 Å². The molecule has 110 valence electrons. The molecule has 1 heterocycles. The zero-order chi connectivity index (χ0) is 15.0. The van der Waals surface area contributed by atoms with Crippen molar-refractivity contribution < 1.29 is 9.59 Å². The molecular formula is C14H20ClN3O2. The van der Waals surface area contributed by atoms with E-state index < -0.39 is 0 Å². The predicted octanol–water partition coefficient (Wildman–Crippen LogP) is 2.11. The lowest BCUT2D eigenvalue weighted by Crippen LogP contribution is -2.41. The van der Waals surface area contributed by atoms with Crippen molar-refractivity contribution in [2.45, 2.75) is 26.7 Å². The van der Waals surface area contributed by atoms with Crippen molar-refractivity contribution in [3.8, 4) is 0 Å². The van der Waals surface area contributed by atoms with Gasteiger partial charge in [-0.3, -0.25) is 9.59 Å². The van der Waals surface area contributed by atoms with Crippen LogP contribution in [0.3, 0.4) is 0 Å². The largest absolute Gasteiger partial charge is 0.355 e. The van der Waals surface area contributed by atoms with E-state index in [4.69, 9.17) is 11.6 Å². The molecule has 0 aliphatic heterocycles. The SMILES string of the molecule is CCCNC(=O)CN(CCC)C(=O)c1cccnc1Cl. The second kappa shape index (κ2) is 8.53. The first-order valence-corrected chi connectivity index (χ1v) is 7.14. The summed E-state index contributed by atoms with van der Waals surface area (Å²) in [6, 6.07) is 3.27. The van der Waals surface area contributed by atoms with Gasteiger partial charge in [-0.25, -0.2) is 4.98 Å². The Morgan fingerprint density at radius 3 is 2.70 bits per heavy atom. The number of halogens is 1. The topological polar surface area (TPSA) is 62.3 Å². The number of nitrogens with one attached hydrogen (secondary N) is 1. The lowest BCUT2D eigenvalue weighted by Gasteiger charge is -2.21. The fourth-order valence-corrected chi connectivity index (χ4v) is 1.93. The van der Waals surface area contributed by atoms with Crippen LogP contribution in [0.4, 0.5) is 0 Å². The summed E-state index contributed by atoms with van der Waals surface area (Å²) in [6.07, 6.45) is 3.16. The Morgan fingerprint density at radius 1 is 1.35 bits per heavy atom. The Kier molecular flexibility index (Phi) is 7.01. The van der Waals surface area contributed by atoms with Crippen molar-refractivity contribution in [2.75, 3.05) is 19.6 Å². The number of rotatable bonds is 7. The first kappa shape index (κ1) is 16.4. The van der Waals surface area contributed by atoms with Crippen LogP contribution in [-0.4, -0.2) is 41.3 Å². The van der Waals surface area contributed by atoms with Gasteiger partial charge in [-0.05, 0) is 25.0 Å². The minimum absolute atomic E-state index is 0.0396. The number of carbonyl (C=O) groups is 2. The van der Waals surface area contributed by atoms with Gasteiger partial charge >= 0.3 is 0 Å². The summed E-state index contributed by atoms with van der Waals surface area (Å²) in [4.78, 5) is 29.5. The molecule has 6 heteroatoms. The van der Waals surface area contributed by atoms with Crippen molar-refractivity contribution >= 4 is 23.4 Å². The molecule has 0 atom stereocenters. The van der Waals surface area contributed by atoms with Gasteiger partial charge < -0.3 is 10.2 Å². The maximum absolute atomic E-state index is 12.4. The van der Waals surface area contributed by atoms with E-state index in [9.17, 15) is 9.59 Å². The van der Waals surface area contributed by atoms with Gasteiger partial charge in [0, 0.05) is 19.3 Å². The summed E-state index contributed by atoms with van der Waals surface area (Å²) >= 11 is 5.92. The second-order valence-corrected chi connectivity index (χ2v) is 4.78. The first-order valence-electron chi connectivity index (χ1n) is 6.76. The molecule has 0 radical (unpaired) electrons. The summed E-state index contributed by atoms with van der Waals surface area (Å²) in [7, 11) is 0. The van der Waals surface area contributed by atoms with Gasteiger partial charge in [-0.1, -0.05) is 25.4 Å². The average Bonchev–Trinajstić information content (AvgIpc) is 2.44. The number of pyridine rings is 1. The maximum Gasteiger partial charge on any atom is 0.257 e. The van der Waals surface area contributed by atoms with Gasteiger partial charge in [0.2, 0.25) is 5.91 Å². The van der Waals surface area contributed by atoms with E-state index in [-0.39, 0.29) is 23.5 Å². The molecule has 2 amide bonds. The molecular weight excluding hydrogens is 278 g/mol. The minimum atomic E-state index is -0.267. The highest BCUT2D eigenvalue weighted by Gasteiger charge is 2.20. The Bertz CT molecular complexity index is 465. The lowest BCUT2D eigenvalue weighted by molar-refractivity contribution is -0.121. The predicted molar refractivity (Wildman–Crippen MR) is 78.7 cm³/mol. The van der Waals surface area contributed by atoms with Crippen LogP contribution in [0.15, 0.2) is 18.3 Å². The van der Waals surface area contributed by atoms with E-state index in [0.717, 1.165) is 12.8 Å². The Morgan fingerprint density at radius 2 is 2.10 bits per heavy atom. The highest BCUT2D eigenvalue weighted by Crippen LogP contribution is 2.14. The first-order chi connectivity index (χ1) is 9.60. The van der Waals surface area contributed by atoms with E-state index in [1.165, 1.54) is 11.1 Å². The van der Waals surface area contributed by atoms with E-state index in [0.29, 0.717) is 18.7 Å². The molecule has 0 unspecified atom stereocenters. The fourth-order valence-electron chi connectivity index (χ4n) is 1.73. The molecule has 0 bridgehead atoms. The van der Waals surface area contributed by atoms with Gasteiger partial charge in [0.05, 0.1) is 12.1 Å². The number of carbonyl (C=O) groups excluding carboxylic acids is 2. The average molecular weight is 298 g/mol. The van der Waals surface area contributed by atoms with Gasteiger partial charge in [-0.2, -0.15) is 0 Å². The van der Waals surface area contributed by atoms with Crippen LogP contribution < -0.4 is 5.32 Å². The molecule has 5 nitrogen and oxygen atoms in total. The maximum atomic E-state index is 12.4. The third kappa shape index (κ3) is 4.81. The van der Waals surface area contributed by atoms with E-state index in [1.54, 1.807) is 12.1 Å². The van der Waals surface area contributed by atoms with Crippen molar-refractivity contribution in [3.05, 3.63) is 29.0 Å². The zero-order valence-electron chi connectivity index (χ0n) is 11.9. The molecule has 0 spiro atoms. The molecule has 0 fully saturated rings. The van der Waals surface area contributed by atoms with Crippen LogP contribution in [0.1, 0.15) is 37.0 Å². The van der Waals surface area contributed by atoms with E-state index in [2.05, 4.69) is 10.3 Å². The molecule has 1 aromatic heterocycles. The molecule has 0 saturated heterocycles. The molecule has 0 aromatic carbocycles. The van der Waals surface area contributed by atoms with E-state index in [1.807, 2.05) is 13.8 Å². The monoisotopic (exact) mass is 297 g/mol. The van der Waals surface area contributed by atoms with Gasteiger partial charge in [0.25, 0.3) is 5.91 Å². The van der Waals surface area contributed by atoms with Gasteiger partial charge in [0.1, 0.15) is 5.15 Å². The van der Waals surface area contributed by atoms with Crippen molar-refractivity contribution in [1.29, 1.82) is 0 Å². The summed E-state index contributed by atoms with van der Waals surface area (Å²) in [5, 5.41) is 2.92. The third-order valence-electron chi connectivity index (χ3n) is 2.68. The Hall–Kier alpha value is -1.62. The van der Waals surface area contributed by atoms with Gasteiger partial charge in [0.15, 0.2) is 0 Å². The number of nitrogens with zero attached hydrogens (tertiary/aromatic N) is 2. The highest BCUT2D eigenvalue weighted by atomic mass is 35.5. The molecule has 1 N–H and O–H groups in total. The normalized spacial score (nSPS) is 10.2. The molecule has 1 aromatic rings. The van der Waals surface area contributed by atoms with E-state index >= 15 is 0 Å². The summed E-state index contributed by atoms with van der Waals surface area (Å²) in [6.45, 7) is 5.09. The van der Waals surface area contributed by atoms with Gasteiger partial charge in [-0.15, -0.1) is 0 Å². The molecule has 0 saturated carbocycles. The molecule has 20 heavy (non-hydrogen) atoms. The van der Waals surface area contributed by atoms with Crippen LogP contribution in [0.2, 0.25) is 5.15 Å². The third-order valence-corrected chi connectivity index (χ3v) is 2.98. The zero-order valence-corrected chi connectivity index (χ0v) is 12.6. The van der Waals surface area contributed by atoms with Crippen molar-refractivity contribution in [2.24, 2.45) is 0 Å². The Balaban J connectivity index is 2.77. The van der Waals surface area contributed by atoms with Crippen LogP contribution in [0, 0.1) is 0 Å². The standard InChI is InChI=1S/C14H20ClN3O2/c1-3-7-16-12(19)10-18(9-4-2)14(20)11-6-5-8-17-13(11)15/h5-6,8H,3-4,7,9-10H2,1-2H3,(H,16,19). The number of hydrogen-bond acceptors (Lipinski definition) is 3. The van der Waals surface area contributed by atoms with Crippen molar-refractivity contribution in [3.63, 3.8) is 0 Å². The lowest BCUT2D eigenvalue weighted by atomic mass is 10.2. The Labute approximate surface area is 124 Å². The number of hydrogen-bond donors (Lipinski definition) is 1.